The van der Waals surface area contributed by atoms with Crippen LogP contribution in [0, 0.1) is 5.41 Å². The van der Waals surface area contributed by atoms with Crippen LogP contribution in [0.5, 0.6) is 5.75 Å². The topological polar surface area (TPSA) is 75.6 Å². The van der Waals surface area contributed by atoms with E-state index in [1.807, 2.05) is 0 Å². The van der Waals surface area contributed by atoms with E-state index in [0.29, 0.717) is 10.8 Å². The minimum Gasteiger partial charge on any atom is -0.491 e. The van der Waals surface area contributed by atoms with Crippen molar-refractivity contribution in [3.8, 4) is 5.75 Å². The van der Waals surface area contributed by atoms with E-state index in [4.69, 9.17) is 21.4 Å². The van der Waals surface area contributed by atoms with E-state index in [9.17, 15) is 9.59 Å². The summed E-state index contributed by atoms with van der Waals surface area (Å²) in [6.07, 6.45) is 0. The standard InChI is InChI=1S/C13H16ClNO4/c1-13(2,12(18)15-7-11(16)17)8-19-10-6-4-3-5-9(10)14/h3-6H,7-8H2,1-2H3,(H,15,18)(H,16,17). The number of rotatable bonds is 6. The molecule has 0 saturated carbocycles. The molecular weight excluding hydrogens is 270 g/mol. The van der Waals surface area contributed by atoms with E-state index in [0.717, 1.165) is 0 Å². The van der Waals surface area contributed by atoms with Gasteiger partial charge in [0.15, 0.2) is 0 Å². The molecule has 0 spiro atoms. The number of halogens is 1. The Morgan fingerprint density at radius 1 is 1.37 bits per heavy atom. The lowest BCUT2D eigenvalue weighted by Gasteiger charge is -2.23. The molecule has 0 atom stereocenters. The Hall–Kier alpha value is -1.75. The van der Waals surface area contributed by atoms with Gasteiger partial charge in [-0.15, -0.1) is 0 Å². The van der Waals surface area contributed by atoms with Gasteiger partial charge in [-0.3, -0.25) is 9.59 Å². The lowest BCUT2D eigenvalue weighted by molar-refractivity contribution is -0.140. The summed E-state index contributed by atoms with van der Waals surface area (Å²) in [7, 11) is 0. The van der Waals surface area contributed by atoms with Gasteiger partial charge in [0, 0.05) is 0 Å². The first-order chi connectivity index (χ1) is 8.83. The van der Waals surface area contributed by atoms with Gasteiger partial charge in [0.2, 0.25) is 5.91 Å². The van der Waals surface area contributed by atoms with Crippen LogP contribution in [0.4, 0.5) is 0 Å². The molecule has 0 aliphatic carbocycles. The van der Waals surface area contributed by atoms with Crippen LogP contribution in [0.3, 0.4) is 0 Å². The van der Waals surface area contributed by atoms with Crippen molar-refractivity contribution in [3.63, 3.8) is 0 Å². The first-order valence-corrected chi connectivity index (χ1v) is 6.08. The number of benzene rings is 1. The number of nitrogens with one attached hydrogen (secondary N) is 1. The fourth-order valence-corrected chi connectivity index (χ4v) is 1.47. The summed E-state index contributed by atoms with van der Waals surface area (Å²) in [5, 5.41) is 11.3. The summed E-state index contributed by atoms with van der Waals surface area (Å²) >= 11 is 5.93. The maximum absolute atomic E-state index is 11.8. The molecule has 2 N–H and O–H groups in total. The minimum atomic E-state index is -1.09. The van der Waals surface area contributed by atoms with E-state index in [2.05, 4.69) is 5.32 Å². The first kappa shape index (κ1) is 15.3. The number of carbonyl (C=O) groups excluding carboxylic acids is 1. The van der Waals surface area contributed by atoms with Crippen LogP contribution in [0.1, 0.15) is 13.8 Å². The molecule has 0 saturated heterocycles. The van der Waals surface area contributed by atoms with E-state index in [1.54, 1.807) is 38.1 Å². The summed E-state index contributed by atoms with van der Waals surface area (Å²) in [5.41, 5.74) is -0.853. The second kappa shape index (κ2) is 6.43. The molecule has 6 heteroatoms. The average molecular weight is 286 g/mol. The number of para-hydroxylation sites is 1. The van der Waals surface area contributed by atoms with Gasteiger partial charge in [-0.2, -0.15) is 0 Å². The summed E-state index contributed by atoms with van der Waals surface area (Å²) < 4.78 is 5.49. The second-order valence-corrected chi connectivity index (χ2v) is 5.09. The summed E-state index contributed by atoms with van der Waals surface area (Å²) in [5.74, 6) is -0.985. The molecule has 1 amide bonds. The third kappa shape index (κ3) is 4.79. The summed E-state index contributed by atoms with van der Waals surface area (Å²) in [6.45, 7) is 3.03. The summed E-state index contributed by atoms with van der Waals surface area (Å²) in [4.78, 5) is 22.2. The molecule has 1 rings (SSSR count). The predicted octanol–water partition coefficient (Wildman–Crippen LogP) is 1.95. The van der Waals surface area contributed by atoms with Gasteiger partial charge < -0.3 is 15.2 Å². The smallest absolute Gasteiger partial charge is 0.322 e. The van der Waals surface area contributed by atoms with Gasteiger partial charge in [-0.1, -0.05) is 23.7 Å². The lowest BCUT2D eigenvalue weighted by atomic mass is 9.93. The Labute approximate surface area is 116 Å². The van der Waals surface area contributed by atoms with Crippen molar-refractivity contribution in [2.45, 2.75) is 13.8 Å². The van der Waals surface area contributed by atoms with Gasteiger partial charge in [-0.05, 0) is 26.0 Å². The number of carboxylic acid groups (broad SMARTS) is 1. The molecule has 0 aromatic heterocycles. The molecule has 0 heterocycles. The average Bonchev–Trinajstić information content (AvgIpc) is 2.34. The highest BCUT2D eigenvalue weighted by atomic mass is 35.5. The third-order valence-electron chi connectivity index (χ3n) is 2.44. The van der Waals surface area contributed by atoms with Gasteiger partial charge >= 0.3 is 5.97 Å². The zero-order valence-corrected chi connectivity index (χ0v) is 11.5. The largest absolute Gasteiger partial charge is 0.491 e. The van der Waals surface area contributed by atoms with Gasteiger partial charge in [0.25, 0.3) is 0 Å². The summed E-state index contributed by atoms with van der Waals surface area (Å²) in [6, 6.07) is 6.95. The number of carbonyl (C=O) groups is 2. The SMILES string of the molecule is CC(C)(COc1ccccc1Cl)C(=O)NCC(=O)O. The van der Waals surface area contributed by atoms with Crippen molar-refractivity contribution in [3.05, 3.63) is 29.3 Å². The van der Waals surface area contributed by atoms with E-state index in [-0.39, 0.29) is 12.5 Å². The molecular formula is C13H16ClNO4. The third-order valence-corrected chi connectivity index (χ3v) is 2.75. The predicted molar refractivity (Wildman–Crippen MR) is 71.4 cm³/mol. The Balaban J connectivity index is 2.57. The highest BCUT2D eigenvalue weighted by Crippen LogP contribution is 2.25. The molecule has 0 aliphatic rings. The van der Waals surface area contributed by atoms with E-state index < -0.39 is 17.9 Å². The molecule has 0 aliphatic heterocycles. The molecule has 0 radical (unpaired) electrons. The van der Waals surface area contributed by atoms with Gasteiger partial charge in [0.1, 0.15) is 18.9 Å². The Morgan fingerprint density at radius 2 is 2.00 bits per heavy atom. The van der Waals surface area contributed by atoms with Crippen LogP contribution in [0.15, 0.2) is 24.3 Å². The molecule has 1 aromatic carbocycles. The van der Waals surface area contributed by atoms with Crippen LogP contribution in [0.2, 0.25) is 5.02 Å². The van der Waals surface area contributed by atoms with Crippen molar-refractivity contribution in [1.29, 1.82) is 0 Å². The highest BCUT2D eigenvalue weighted by molar-refractivity contribution is 6.32. The zero-order valence-electron chi connectivity index (χ0n) is 10.8. The first-order valence-electron chi connectivity index (χ1n) is 5.70. The van der Waals surface area contributed by atoms with Crippen molar-refractivity contribution in [2.75, 3.05) is 13.2 Å². The van der Waals surface area contributed by atoms with Crippen molar-refractivity contribution in [2.24, 2.45) is 5.41 Å². The van der Waals surface area contributed by atoms with E-state index >= 15 is 0 Å². The normalized spacial score (nSPS) is 10.9. The van der Waals surface area contributed by atoms with Gasteiger partial charge in [0.05, 0.1) is 10.4 Å². The number of carboxylic acids is 1. The maximum atomic E-state index is 11.8. The minimum absolute atomic E-state index is 0.0994. The van der Waals surface area contributed by atoms with Crippen LogP contribution < -0.4 is 10.1 Å². The molecule has 0 bridgehead atoms. The highest BCUT2D eigenvalue weighted by Gasteiger charge is 2.29. The number of amides is 1. The van der Waals surface area contributed by atoms with Crippen molar-refractivity contribution >= 4 is 23.5 Å². The Morgan fingerprint density at radius 3 is 2.58 bits per heavy atom. The van der Waals surface area contributed by atoms with E-state index in [1.165, 1.54) is 0 Å². The fraction of sp³-hybridized carbons (Fsp3) is 0.385. The zero-order chi connectivity index (χ0) is 14.5. The quantitative estimate of drug-likeness (QED) is 0.837. The van der Waals surface area contributed by atoms with Crippen LogP contribution in [-0.2, 0) is 9.59 Å². The second-order valence-electron chi connectivity index (χ2n) is 4.68. The Bertz CT molecular complexity index is 473. The van der Waals surface area contributed by atoms with Crippen LogP contribution >= 0.6 is 11.6 Å². The molecule has 5 nitrogen and oxygen atoms in total. The number of aliphatic carboxylic acids is 1. The molecule has 1 aromatic rings. The number of ether oxygens (including phenoxy) is 1. The number of hydrogen-bond donors (Lipinski definition) is 2. The maximum Gasteiger partial charge on any atom is 0.322 e. The molecule has 104 valence electrons. The van der Waals surface area contributed by atoms with Crippen molar-refractivity contribution in [1.82, 2.24) is 5.32 Å². The van der Waals surface area contributed by atoms with Crippen LogP contribution in [-0.4, -0.2) is 30.1 Å². The molecule has 19 heavy (non-hydrogen) atoms. The van der Waals surface area contributed by atoms with Crippen LogP contribution in [0.25, 0.3) is 0 Å². The van der Waals surface area contributed by atoms with Crippen molar-refractivity contribution < 1.29 is 19.4 Å². The molecule has 0 unspecified atom stereocenters. The lowest BCUT2D eigenvalue weighted by Crippen LogP contribution is -2.42. The molecule has 0 fully saturated rings. The Kier molecular flexibility index (Phi) is 5.18. The van der Waals surface area contributed by atoms with Gasteiger partial charge in [-0.25, -0.2) is 0 Å². The monoisotopic (exact) mass is 285 g/mol. The number of hydrogen-bond acceptors (Lipinski definition) is 3. The fourth-order valence-electron chi connectivity index (χ4n) is 1.28.